The van der Waals surface area contributed by atoms with Crippen LogP contribution in [0.25, 0.3) is 0 Å². The Morgan fingerprint density at radius 3 is 2.31 bits per heavy atom. The van der Waals surface area contributed by atoms with Crippen LogP contribution in [0.1, 0.15) is 24.2 Å². The van der Waals surface area contributed by atoms with Crippen LogP contribution in [-0.2, 0) is 14.8 Å². The molecule has 0 saturated heterocycles. The van der Waals surface area contributed by atoms with Crippen LogP contribution in [0, 0.1) is 0 Å². The van der Waals surface area contributed by atoms with E-state index in [-0.39, 0.29) is 28.6 Å². The molecular weight excluding hydrogens is 394 g/mol. The standard InChI is InChI=1S/C18H20ClNO4S2/c1-4-20(26(22,23)15-9-7-14(25-3)8-10-15)13-6-11-16(17(19)12-13)18(21)24-5-2/h6-12H,4-5H2,1-3H3. The van der Waals surface area contributed by atoms with Gasteiger partial charge in [0.1, 0.15) is 0 Å². The topological polar surface area (TPSA) is 63.7 Å². The van der Waals surface area contributed by atoms with Gasteiger partial charge in [0.15, 0.2) is 0 Å². The van der Waals surface area contributed by atoms with Crippen LogP contribution in [0.4, 0.5) is 5.69 Å². The van der Waals surface area contributed by atoms with Crippen LogP contribution < -0.4 is 4.31 Å². The van der Waals surface area contributed by atoms with Crippen LogP contribution in [0.15, 0.2) is 52.3 Å². The average molecular weight is 414 g/mol. The first kappa shape index (κ1) is 20.6. The molecule has 0 aliphatic carbocycles. The third-order valence-electron chi connectivity index (χ3n) is 3.67. The highest BCUT2D eigenvalue weighted by atomic mass is 35.5. The number of halogens is 1. The number of rotatable bonds is 7. The highest BCUT2D eigenvalue weighted by molar-refractivity contribution is 7.98. The molecule has 0 unspecified atom stereocenters. The van der Waals surface area contributed by atoms with Gasteiger partial charge < -0.3 is 4.74 Å². The molecule has 5 nitrogen and oxygen atoms in total. The number of carbonyl (C=O) groups is 1. The summed E-state index contributed by atoms with van der Waals surface area (Å²) in [6, 6.07) is 11.2. The molecule has 0 aromatic heterocycles. The normalized spacial score (nSPS) is 11.2. The summed E-state index contributed by atoms with van der Waals surface area (Å²) in [4.78, 5) is 13.0. The van der Waals surface area contributed by atoms with Gasteiger partial charge in [-0.3, -0.25) is 4.31 Å². The molecule has 2 rings (SSSR count). The Kier molecular flexibility index (Phi) is 6.97. The van der Waals surface area contributed by atoms with Gasteiger partial charge in [0.2, 0.25) is 0 Å². The lowest BCUT2D eigenvalue weighted by Gasteiger charge is -2.23. The number of esters is 1. The molecule has 26 heavy (non-hydrogen) atoms. The minimum Gasteiger partial charge on any atom is -0.462 e. The largest absolute Gasteiger partial charge is 0.462 e. The Morgan fingerprint density at radius 1 is 1.15 bits per heavy atom. The molecule has 0 fully saturated rings. The second-order valence-corrected chi connectivity index (χ2v) is 8.38. The van der Waals surface area contributed by atoms with Crippen LogP contribution in [-0.4, -0.2) is 33.8 Å². The Hall–Kier alpha value is -1.70. The van der Waals surface area contributed by atoms with E-state index in [0.29, 0.717) is 5.69 Å². The van der Waals surface area contributed by atoms with E-state index >= 15 is 0 Å². The van der Waals surface area contributed by atoms with Crippen molar-refractivity contribution >= 4 is 45.0 Å². The first-order valence-corrected chi connectivity index (χ1v) is 11.0. The number of hydrogen-bond acceptors (Lipinski definition) is 5. The zero-order chi connectivity index (χ0) is 19.3. The van der Waals surface area contributed by atoms with Crippen molar-refractivity contribution in [1.29, 1.82) is 0 Å². The van der Waals surface area contributed by atoms with Crippen molar-refractivity contribution in [2.24, 2.45) is 0 Å². The fourth-order valence-corrected chi connectivity index (χ4v) is 4.53. The molecule has 0 N–H and O–H groups in total. The van der Waals surface area contributed by atoms with E-state index in [1.165, 1.54) is 28.2 Å². The number of anilines is 1. The van der Waals surface area contributed by atoms with Gasteiger partial charge in [-0.2, -0.15) is 0 Å². The van der Waals surface area contributed by atoms with Crippen molar-refractivity contribution in [2.45, 2.75) is 23.6 Å². The summed E-state index contributed by atoms with van der Waals surface area (Å²) < 4.78 is 32.1. The minimum absolute atomic E-state index is 0.146. The van der Waals surface area contributed by atoms with Gasteiger partial charge in [-0.25, -0.2) is 13.2 Å². The minimum atomic E-state index is -3.74. The number of carbonyl (C=O) groups excluding carboxylic acids is 1. The molecule has 0 spiro atoms. The van der Waals surface area contributed by atoms with Gasteiger partial charge in [0, 0.05) is 11.4 Å². The molecule has 0 atom stereocenters. The monoisotopic (exact) mass is 413 g/mol. The number of benzene rings is 2. The maximum Gasteiger partial charge on any atom is 0.339 e. The molecule has 2 aromatic carbocycles. The van der Waals surface area contributed by atoms with Crippen molar-refractivity contribution in [1.82, 2.24) is 0 Å². The van der Waals surface area contributed by atoms with Crippen LogP contribution in [0.2, 0.25) is 5.02 Å². The summed E-state index contributed by atoms with van der Waals surface area (Å²) in [7, 11) is -3.74. The first-order chi connectivity index (χ1) is 12.3. The van der Waals surface area contributed by atoms with Crippen molar-refractivity contribution in [3.05, 3.63) is 53.1 Å². The van der Waals surface area contributed by atoms with Gasteiger partial charge in [-0.15, -0.1) is 11.8 Å². The molecule has 0 saturated carbocycles. The number of thioether (sulfide) groups is 1. The molecule has 0 heterocycles. The van der Waals surface area contributed by atoms with Crippen molar-refractivity contribution < 1.29 is 17.9 Å². The molecule has 2 aromatic rings. The van der Waals surface area contributed by atoms with Gasteiger partial charge in [-0.1, -0.05) is 11.6 Å². The van der Waals surface area contributed by atoms with E-state index in [9.17, 15) is 13.2 Å². The lowest BCUT2D eigenvalue weighted by Crippen LogP contribution is -2.30. The van der Waals surface area contributed by atoms with Crippen LogP contribution >= 0.6 is 23.4 Å². The Morgan fingerprint density at radius 2 is 1.81 bits per heavy atom. The molecule has 0 bridgehead atoms. The molecular formula is C18H20ClNO4S2. The molecule has 8 heteroatoms. The van der Waals surface area contributed by atoms with Gasteiger partial charge in [0.25, 0.3) is 10.0 Å². The molecule has 0 radical (unpaired) electrons. The third-order valence-corrected chi connectivity index (χ3v) is 6.64. The van der Waals surface area contributed by atoms with E-state index in [1.54, 1.807) is 44.2 Å². The second-order valence-electron chi connectivity index (χ2n) is 5.23. The predicted octanol–water partition coefficient (Wildman–Crippen LogP) is 4.45. The number of sulfonamides is 1. The fourth-order valence-electron chi connectivity index (χ4n) is 2.40. The quantitative estimate of drug-likeness (QED) is 0.495. The fraction of sp³-hybridized carbons (Fsp3) is 0.278. The van der Waals surface area contributed by atoms with Crippen molar-refractivity contribution in [3.8, 4) is 0 Å². The molecule has 0 amide bonds. The summed E-state index contributed by atoms with van der Waals surface area (Å²) in [5.74, 6) is -0.539. The Bertz CT molecular complexity index is 883. The number of hydrogen-bond donors (Lipinski definition) is 0. The van der Waals surface area contributed by atoms with Crippen LogP contribution in [0.5, 0.6) is 0 Å². The van der Waals surface area contributed by atoms with E-state index in [4.69, 9.17) is 16.3 Å². The smallest absolute Gasteiger partial charge is 0.339 e. The molecule has 0 aliphatic heterocycles. The lowest BCUT2D eigenvalue weighted by molar-refractivity contribution is 0.0526. The molecule has 140 valence electrons. The van der Waals surface area contributed by atoms with Crippen molar-refractivity contribution in [3.63, 3.8) is 0 Å². The predicted molar refractivity (Wildman–Crippen MR) is 106 cm³/mol. The Balaban J connectivity index is 2.40. The number of nitrogens with zero attached hydrogens (tertiary/aromatic N) is 1. The van der Waals surface area contributed by atoms with Gasteiger partial charge in [0.05, 0.1) is 27.8 Å². The summed E-state index contributed by atoms with van der Waals surface area (Å²) in [5, 5.41) is 0.146. The zero-order valence-corrected chi connectivity index (χ0v) is 17.1. The maximum atomic E-state index is 13.0. The highest BCUT2D eigenvalue weighted by Crippen LogP contribution is 2.29. The SMILES string of the molecule is CCOC(=O)c1ccc(N(CC)S(=O)(=O)c2ccc(SC)cc2)cc1Cl. The Labute approximate surface area is 163 Å². The van der Waals surface area contributed by atoms with Crippen molar-refractivity contribution in [2.75, 3.05) is 23.7 Å². The van der Waals surface area contributed by atoms with Crippen LogP contribution in [0.3, 0.4) is 0 Å². The van der Waals surface area contributed by atoms with E-state index in [1.807, 2.05) is 6.26 Å². The van der Waals surface area contributed by atoms with E-state index < -0.39 is 16.0 Å². The highest BCUT2D eigenvalue weighted by Gasteiger charge is 2.24. The summed E-state index contributed by atoms with van der Waals surface area (Å²) in [6.07, 6.45) is 1.93. The number of ether oxygens (including phenoxy) is 1. The molecule has 0 aliphatic rings. The zero-order valence-electron chi connectivity index (χ0n) is 14.7. The maximum absolute atomic E-state index is 13.0. The van der Waals surface area contributed by atoms with Gasteiger partial charge >= 0.3 is 5.97 Å². The first-order valence-electron chi connectivity index (χ1n) is 7.98. The summed E-state index contributed by atoms with van der Waals surface area (Å²) in [5.41, 5.74) is 0.592. The third kappa shape index (κ3) is 4.34. The van der Waals surface area contributed by atoms with Gasteiger partial charge in [-0.05, 0) is 62.6 Å². The second kappa shape index (κ2) is 8.79. The average Bonchev–Trinajstić information content (AvgIpc) is 2.62. The van der Waals surface area contributed by atoms with E-state index in [0.717, 1.165) is 4.90 Å². The van der Waals surface area contributed by atoms with E-state index in [2.05, 4.69) is 0 Å². The summed E-state index contributed by atoms with van der Waals surface area (Å²) >= 11 is 7.71. The summed E-state index contributed by atoms with van der Waals surface area (Å²) in [6.45, 7) is 3.90. The lowest BCUT2D eigenvalue weighted by atomic mass is 10.2.